The fourth-order valence-corrected chi connectivity index (χ4v) is 5.05. The van der Waals surface area contributed by atoms with Gasteiger partial charge in [0.1, 0.15) is 5.02 Å². The highest BCUT2D eigenvalue weighted by molar-refractivity contribution is 6.32. The number of halogens is 1. The molecule has 2 heterocycles. The van der Waals surface area contributed by atoms with Crippen LogP contribution < -0.4 is 10.6 Å². The van der Waals surface area contributed by atoms with Crippen molar-refractivity contribution < 1.29 is 29.5 Å². The van der Waals surface area contributed by atoms with Crippen molar-refractivity contribution >= 4 is 35.1 Å². The zero-order chi connectivity index (χ0) is 25.3. The van der Waals surface area contributed by atoms with Crippen molar-refractivity contribution in [3.05, 3.63) is 74.8 Å². The lowest BCUT2D eigenvalue weighted by Crippen LogP contribution is -2.58. The number of benzene rings is 2. The molecule has 4 N–H and O–H groups in total. The maximum absolute atomic E-state index is 13.4. The SMILES string of the molecule is O=C1C2C(c3ccc(Cl)c([N+](=O)[O-])c3)NC(CO)(C(=O)O)C2C(=O)N1CCNCc1ccccc1. The van der Waals surface area contributed by atoms with E-state index in [-0.39, 0.29) is 23.7 Å². The number of nitro benzene ring substituents is 1. The summed E-state index contributed by atoms with van der Waals surface area (Å²) in [6.07, 6.45) is 0. The number of carbonyl (C=O) groups is 3. The maximum atomic E-state index is 13.4. The molecule has 4 atom stereocenters. The van der Waals surface area contributed by atoms with E-state index in [1.54, 1.807) is 0 Å². The molecule has 11 nitrogen and oxygen atoms in total. The first-order chi connectivity index (χ1) is 16.7. The Morgan fingerprint density at radius 3 is 2.54 bits per heavy atom. The molecule has 35 heavy (non-hydrogen) atoms. The lowest BCUT2D eigenvalue weighted by atomic mass is 9.79. The molecule has 2 saturated heterocycles. The van der Waals surface area contributed by atoms with E-state index in [1.165, 1.54) is 12.1 Å². The van der Waals surface area contributed by atoms with Gasteiger partial charge in [0.25, 0.3) is 5.69 Å². The van der Waals surface area contributed by atoms with Crippen molar-refractivity contribution in [1.82, 2.24) is 15.5 Å². The fraction of sp³-hybridized carbons (Fsp3) is 0.348. The number of hydrogen-bond donors (Lipinski definition) is 4. The zero-order valence-electron chi connectivity index (χ0n) is 18.4. The van der Waals surface area contributed by atoms with Crippen LogP contribution in [-0.4, -0.2) is 63.1 Å². The third-order valence-corrected chi connectivity index (χ3v) is 6.91. The van der Waals surface area contributed by atoms with E-state index in [4.69, 9.17) is 11.6 Å². The molecule has 2 aliphatic rings. The van der Waals surface area contributed by atoms with E-state index in [2.05, 4.69) is 10.6 Å². The molecule has 0 saturated carbocycles. The lowest BCUT2D eigenvalue weighted by Gasteiger charge is -2.29. The van der Waals surface area contributed by atoms with Gasteiger partial charge in [-0.05, 0) is 17.2 Å². The summed E-state index contributed by atoms with van der Waals surface area (Å²) in [6, 6.07) is 12.3. The Morgan fingerprint density at radius 2 is 1.91 bits per heavy atom. The number of rotatable bonds is 9. The maximum Gasteiger partial charge on any atom is 0.327 e. The van der Waals surface area contributed by atoms with Crippen LogP contribution in [-0.2, 0) is 20.9 Å². The van der Waals surface area contributed by atoms with Gasteiger partial charge in [0.15, 0.2) is 5.54 Å². The van der Waals surface area contributed by atoms with Crippen LogP contribution in [0.25, 0.3) is 0 Å². The third kappa shape index (κ3) is 4.27. The van der Waals surface area contributed by atoms with E-state index in [9.17, 15) is 34.7 Å². The topological polar surface area (TPSA) is 162 Å². The summed E-state index contributed by atoms with van der Waals surface area (Å²) >= 11 is 5.90. The van der Waals surface area contributed by atoms with Crippen LogP contribution in [0.5, 0.6) is 0 Å². The molecule has 12 heteroatoms. The highest BCUT2D eigenvalue weighted by Gasteiger charge is 2.68. The summed E-state index contributed by atoms with van der Waals surface area (Å²) in [5, 5.41) is 37.1. The van der Waals surface area contributed by atoms with Crippen molar-refractivity contribution in [1.29, 1.82) is 0 Å². The second kappa shape index (κ2) is 9.70. The van der Waals surface area contributed by atoms with Gasteiger partial charge in [0.05, 0.1) is 23.4 Å². The van der Waals surface area contributed by atoms with Crippen molar-refractivity contribution in [3.8, 4) is 0 Å². The number of aliphatic carboxylic acids is 1. The number of carboxylic acid groups (broad SMARTS) is 1. The number of aliphatic hydroxyl groups excluding tert-OH is 1. The average Bonchev–Trinajstić information content (AvgIpc) is 3.32. The number of nitro groups is 1. The second-order valence-electron chi connectivity index (χ2n) is 8.52. The molecule has 0 bridgehead atoms. The molecule has 0 aromatic heterocycles. The Hall–Kier alpha value is -3.38. The predicted octanol–water partition coefficient (Wildman–Crippen LogP) is 1.10. The van der Waals surface area contributed by atoms with Gasteiger partial charge in [-0.2, -0.15) is 0 Å². The van der Waals surface area contributed by atoms with Crippen molar-refractivity contribution in [2.45, 2.75) is 18.1 Å². The first kappa shape index (κ1) is 24.7. The number of hydrogen-bond acceptors (Lipinski definition) is 8. The average molecular weight is 503 g/mol. The van der Waals surface area contributed by atoms with Gasteiger partial charge in [0, 0.05) is 31.7 Å². The van der Waals surface area contributed by atoms with E-state index in [1.807, 2.05) is 30.3 Å². The number of aliphatic hydroxyl groups is 1. The molecule has 2 fully saturated rings. The Bertz CT molecular complexity index is 1180. The molecule has 0 aliphatic carbocycles. The van der Waals surface area contributed by atoms with Crippen LogP contribution in [0.4, 0.5) is 5.69 Å². The fourth-order valence-electron chi connectivity index (χ4n) is 4.86. The van der Waals surface area contributed by atoms with Crippen molar-refractivity contribution in [3.63, 3.8) is 0 Å². The molecular formula is C23H23ClN4O7. The molecular weight excluding hydrogens is 480 g/mol. The highest BCUT2D eigenvalue weighted by Crippen LogP contribution is 2.49. The minimum Gasteiger partial charge on any atom is -0.480 e. The number of carboxylic acids is 1. The lowest BCUT2D eigenvalue weighted by molar-refractivity contribution is -0.384. The molecule has 2 aliphatic heterocycles. The molecule has 184 valence electrons. The summed E-state index contributed by atoms with van der Waals surface area (Å²) in [4.78, 5) is 50.5. The van der Waals surface area contributed by atoms with Crippen molar-refractivity contribution in [2.24, 2.45) is 11.8 Å². The summed E-state index contributed by atoms with van der Waals surface area (Å²) in [5.74, 6) is -5.36. The van der Waals surface area contributed by atoms with Crippen LogP contribution in [0.1, 0.15) is 17.2 Å². The molecule has 0 radical (unpaired) electrons. The summed E-state index contributed by atoms with van der Waals surface area (Å²) in [6.45, 7) is -0.158. The van der Waals surface area contributed by atoms with Gasteiger partial charge in [-0.1, -0.05) is 48.0 Å². The van der Waals surface area contributed by atoms with Crippen LogP contribution in [0.3, 0.4) is 0 Å². The van der Waals surface area contributed by atoms with Gasteiger partial charge in [-0.3, -0.25) is 34.7 Å². The number of nitrogens with one attached hydrogen (secondary N) is 2. The van der Waals surface area contributed by atoms with E-state index in [0.29, 0.717) is 6.54 Å². The van der Waals surface area contributed by atoms with Gasteiger partial charge >= 0.3 is 5.97 Å². The summed E-state index contributed by atoms with van der Waals surface area (Å²) < 4.78 is 0. The largest absolute Gasteiger partial charge is 0.480 e. The Labute approximate surface area is 204 Å². The van der Waals surface area contributed by atoms with Crippen LogP contribution in [0.2, 0.25) is 5.02 Å². The molecule has 4 rings (SSSR count). The number of amides is 2. The van der Waals surface area contributed by atoms with Crippen LogP contribution in [0, 0.1) is 22.0 Å². The third-order valence-electron chi connectivity index (χ3n) is 6.59. The normalized spacial score (nSPS) is 25.7. The minimum absolute atomic E-state index is 0.00606. The Balaban J connectivity index is 1.61. The predicted molar refractivity (Wildman–Crippen MR) is 123 cm³/mol. The molecule has 2 amide bonds. The highest BCUT2D eigenvalue weighted by atomic mass is 35.5. The van der Waals surface area contributed by atoms with Crippen molar-refractivity contribution in [2.75, 3.05) is 19.7 Å². The summed E-state index contributed by atoms with van der Waals surface area (Å²) in [5.41, 5.74) is -1.30. The number of fused-ring (bicyclic) bond motifs is 1. The first-order valence-corrected chi connectivity index (χ1v) is 11.2. The smallest absolute Gasteiger partial charge is 0.327 e. The summed E-state index contributed by atoms with van der Waals surface area (Å²) in [7, 11) is 0. The van der Waals surface area contributed by atoms with Gasteiger partial charge in [-0.15, -0.1) is 0 Å². The van der Waals surface area contributed by atoms with Crippen LogP contribution >= 0.6 is 11.6 Å². The van der Waals surface area contributed by atoms with E-state index < -0.39 is 58.4 Å². The first-order valence-electron chi connectivity index (χ1n) is 10.9. The van der Waals surface area contributed by atoms with Gasteiger partial charge in [-0.25, -0.2) is 0 Å². The Morgan fingerprint density at radius 1 is 1.20 bits per heavy atom. The number of imide groups is 1. The molecule has 2 aromatic rings. The Kier molecular flexibility index (Phi) is 6.86. The quantitative estimate of drug-likeness (QED) is 0.170. The van der Waals surface area contributed by atoms with Gasteiger partial charge < -0.3 is 15.5 Å². The number of carbonyl (C=O) groups excluding carboxylic acids is 2. The number of nitrogens with zero attached hydrogens (tertiary/aromatic N) is 2. The zero-order valence-corrected chi connectivity index (χ0v) is 19.1. The van der Waals surface area contributed by atoms with E-state index in [0.717, 1.165) is 16.5 Å². The van der Waals surface area contributed by atoms with E-state index >= 15 is 0 Å². The molecule has 2 aromatic carbocycles. The standard InChI is InChI=1S/C23H23ClN4O7/c24-15-7-6-14(10-16(15)28(34)35)19-17-18(23(12-29,26-19)22(32)33)21(31)27(20(17)30)9-8-25-11-13-4-2-1-3-5-13/h1-7,10,17-19,25-26,29H,8-9,11-12H2,(H,32,33). The second-order valence-corrected chi connectivity index (χ2v) is 8.93. The molecule has 4 unspecified atom stereocenters. The van der Waals surface area contributed by atoms with Crippen LogP contribution in [0.15, 0.2) is 48.5 Å². The van der Waals surface area contributed by atoms with Gasteiger partial charge in [0.2, 0.25) is 11.8 Å². The minimum atomic E-state index is -2.12. The molecule has 0 spiro atoms. The number of likely N-dealkylation sites (tertiary alicyclic amines) is 1. The monoisotopic (exact) mass is 502 g/mol.